The maximum atomic E-state index is 12.9. The van der Waals surface area contributed by atoms with Crippen LogP contribution in [0.15, 0.2) is 6.07 Å². The van der Waals surface area contributed by atoms with Crippen molar-refractivity contribution in [3.63, 3.8) is 0 Å². The predicted molar refractivity (Wildman–Crippen MR) is 74.1 cm³/mol. The Hall–Kier alpha value is -0.430. The third-order valence-corrected chi connectivity index (χ3v) is 4.55. The maximum Gasteiger partial charge on any atom is 0.133 e. The zero-order valence-corrected chi connectivity index (χ0v) is 11.9. The predicted octanol–water partition coefficient (Wildman–Crippen LogP) is 1.88. The molecule has 2 aliphatic heterocycles. The monoisotopic (exact) mass is 347 g/mol. The molecule has 0 spiro atoms. The lowest BCUT2D eigenvalue weighted by atomic mass is 10.1. The number of hydrogen-bond acceptors (Lipinski definition) is 3. The van der Waals surface area contributed by atoms with Crippen molar-refractivity contribution in [1.29, 1.82) is 0 Å². The van der Waals surface area contributed by atoms with E-state index in [0.717, 1.165) is 28.9 Å². The minimum atomic E-state index is -0.476. The molecule has 3 heterocycles. The van der Waals surface area contributed by atoms with E-state index in [0.29, 0.717) is 17.8 Å². The molecule has 1 N–H and O–H groups in total. The number of aromatic nitrogens is 1. The first-order valence-corrected chi connectivity index (χ1v) is 7.02. The van der Waals surface area contributed by atoms with Crippen molar-refractivity contribution < 1.29 is 4.39 Å². The molecule has 3 rings (SSSR count). The lowest BCUT2D eigenvalue weighted by Crippen LogP contribution is -2.55. The van der Waals surface area contributed by atoms with Gasteiger partial charge in [-0.05, 0) is 47.6 Å². The van der Waals surface area contributed by atoms with Crippen LogP contribution in [0.2, 0.25) is 0 Å². The van der Waals surface area contributed by atoms with Crippen molar-refractivity contribution in [2.24, 2.45) is 0 Å². The number of pyridine rings is 1. The van der Waals surface area contributed by atoms with Gasteiger partial charge in [-0.3, -0.25) is 0 Å². The quantitative estimate of drug-likeness (QED) is 0.787. The molecule has 0 saturated carbocycles. The summed E-state index contributed by atoms with van der Waals surface area (Å²) in [5, 5.41) is 3.44. The minimum Gasteiger partial charge on any atom is -0.348 e. The first-order chi connectivity index (χ1) is 8.20. The van der Waals surface area contributed by atoms with Crippen molar-refractivity contribution in [3.05, 3.63) is 20.9 Å². The summed E-state index contributed by atoms with van der Waals surface area (Å²) in [6.45, 7) is 3.70. The van der Waals surface area contributed by atoms with Crippen LogP contribution in [-0.2, 0) is 13.1 Å². The molecule has 1 aromatic heterocycles. The van der Waals surface area contributed by atoms with Crippen LogP contribution in [0.3, 0.4) is 0 Å². The van der Waals surface area contributed by atoms with Gasteiger partial charge in [0.05, 0.1) is 5.69 Å². The van der Waals surface area contributed by atoms with Crippen molar-refractivity contribution in [1.82, 2.24) is 10.3 Å². The number of piperazine rings is 1. The van der Waals surface area contributed by atoms with E-state index in [4.69, 9.17) is 0 Å². The van der Waals surface area contributed by atoms with Crippen LogP contribution in [-0.4, -0.2) is 30.2 Å². The van der Waals surface area contributed by atoms with Crippen LogP contribution in [0.4, 0.5) is 10.2 Å². The van der Waals surface area contributed by atoms with E-state index in [1.807, 2.05) is 0 Å². The number of anilines is 1. The molecule has 0 unspecified atom stereocenters. The second kappa shape index (κ2) is 4.35. The average Bonchev–Trinajstić information content (AvgIpc) is 2.66. The third-order valence-electron chi connectivity index (χ3n) is 3.62. The van der Waals surface area contributed by atoms with Gasteiger partial charge in [0, 0.05) is 28.7 Å². The van der Waals surface area contributed by atoms with E-state index < -0.39 is 6.67 Å². The molecule has 0 radical (unpaired) electrons. The number of halogens is 2. The van der Waals surface area contributed by atoms with E-state index in [2.05, 4.69) is 50.8 Å². The fraction of sp³-hybridized carbons (Fsp3) is 0.583. The Bertz CT molecular complexity index is 452. The lowest BCUT2D eigenvalue weighted by Gasteiger charge is -2.37. The summed E-state index contributed by atoms with van der Waals surface area (Å²) in [5.74, 6) is 1.01. The standard InChI is InChI=1S/C12H15FIN3/c1-7-5-15-6-9-2-8-3-10(14)11(4-13)16-12(8)17(7)9/h3,7,9,15H,2,4-6H2,1H3/t7-,9-/m1/s1. The molecule has 0 bridgehead atoms. The molecule has 0 aromatic carbocycles. The van der Waals surface area contributed by atoms with Gasteiger partial charge in [0.1, 0.15) is 12.5 Å². The Morgan fingerprint density at radius 3 is 3.18 bits per heavy atom. The highest BCUT2D eigenvalue weighted by Crippen LogP contribution is 2.35. The van der Waals surface area contributed by atoms with Crippen molar-refractivity contribution in [2.75, 3.05) is 18.0 Å². The van der Waals surface area contributed by atoms with Gasteiger partial charge in [-0.15, -0.1) is 0 Å². The van der Waals surface area contributed by atoms with Gasteiger partial charge < -0.3 is 10.2 Å². The fourth-order valence-corrected chi connectivity index (χ4v) is 3.48. The summed E-state index contributed by atoms with van der Waals surface area (Å²) < 4.78 is 13.8. The molecule has 0 amide bonds. The average molecular weight is 347 g/mol. The molecule has 1 aromatic rings. The van der Waals surface area contributed by atoms with Crippen molar-refractivity contribution in [2.45, 2.75) is 32.1 Å². The second-order valence-corrected chi connectivity index (χ2v) is 5.97. The number of nitrogens with one attached hydrogen (secondary N) is 1. The van der Waals surface area contributed by atoms with Gasteiger partial charge in [0.2, 0.25) is 0 Å². The fourth-order valence-electron chi connectivity index (χ4n) is 2.84. The Labute approximate surface area is 114 Å². The van der Waals surface area contributed by atoms with Gasteiger partial charge in [0.15, 0.2) is 0 Å². The molecule has 1 fully saturated rings. The highest BCUT2D eigenvalue weighted by atomic mass is 127. The SMILES string of the molecule is C[C@@H]1CNC[C@H]2Cc3cc(I)c(CF)nc3N21. The first-order valence-electron chi connectivity index (χ1n) is 5.94. The van der Waals surface area contributed by atoms with Crippen LogP contribution >= 0.6 is 22.6 Å². The van der Waals surface area contributed by atoms with Gasteiger partial charge in [0.25, 0.3) is 0 Å². The largest absolute Gasteiger partial charge is 0.348 e. The summed E-state index contributed by atoms with van der Waals surface area (Å²) in [5.41, 5.74) is 1.85. The van der Waals surface area contributed by atoms with E-state index in [1.165, 1.54) is 5.56 Å². The molecule has 92 valence electrons. The van der Waals surface area contributed by atoms with Crippen LogP contribution in [0, 0.1) is 3.57 Å². The second-order valence-electron chi connectivity index (χ2n) is 4.81. The van der Waals surface area contributed by atoms with Crippen molar-refractivity contribution >= 4 is 28.4 Å². The molecular formula is C12H15FIN3. The maximum absolute atomic E-state index is 12.9. The van der Waals surface area contributed by atoms with E-state index >= 15 is 0 Å². The number of alkyl halides is 1. The zero-order valence-electron chi connectivity index (χ0n) is 9.71. The topological polar surface area (TPSA) is 28.2 Å². The number of nitrogens with zero attached hydrogens (tertiary/aromatic N) is 2. The molecule has 3 nitrogen and oxygen atoms in total. The van der Waals surface area contributed by atoms with E-state index in [-0.39, 0.29) is 0 Å². The zero-order chi connectivity index (χ0) is 12.0. The number of rotatable bonds is 1. The van der Waals surface area contributed by atoms with E-state index in [9.17, 15) is 4.39 Å². The van der Waals surface area contributed by atoms with Crippen LogP contribution in [0.5, 0.6) is 0 Å². The Kier molecular flexibility index (Phi) is 2.98. The molecule has 2 aliphatic rings. The molecule has 2 atom stereocenters. The Morgan fingerprint density at radius 1 is 1.59 bits per heavy atom. The summed E-state index contributed by atoms with van der Waals surface area (Å²) >= 11 is 2.18. The summed E-state index contributed by atoms with van der Waals surface area (Å²) in [4.78, 5) is 6.88. The molecule has 0 aliphatic carbocycles. The summed E-state index contributed by atoms with van der Waals surface area (Å²) in [6.07, 6.45) is 1.03. The highest BCUT2D eigenvalue weighted by molar-refractivity contribution is 14.1. The van der Waals surface area contributed by atoms with Gasteiger partial charge in [-0.1, -0.05) is 0 Å². The van der Waals surface area contributed by atoms with Gasteiger partial charge in [-0.2, -0.15) is 0 Å². The van der Waals surface area contributed by atoms with E-state index in [1.54, 1.807) is 0 Å². The van der Waals surface area contributed by atoms with Gasteiger partial charge in [-0.25, -0.2) is 9.37 Å². The Balaban J connectivity index is 2.05. The van der Waals surface area contributed by atoms with Crippen molar-refractivity contribution in [3.8, 4) is 0 Å². The third kappa shape index (κ3) is 1.83. The molecule has 1 saturated heterocycles. The number of fused-ring (bicyclic) bond motifs is 3. The number of hydrogen-bond donors (Lipinski definition) is 1. The normalized spacial score (nSPS) is 26.9. The molecule has 17 heavy (non-hydrogen) atoms. The minimum absolute atomic E-state index is 0.440. The smallest absolute Gasteiger partial charge is 0.133 e. The molecular weight excluding hydrogens is 332 g/mol. The highest BCUT2D eigenvalue weighted by Gasteiger charge is 2.36. The van der Waals surface area contributed by atoms with Crippen LogP contribution in [0.25, 0.3) is 0 Å². The van der Waals surface area contributed by atoms with Crippen LogP contribution in [0.1, 0.15) is 18.2 Å². The van der Waals surface area contributed by atoms with Crippen LogP contribution < -0.4 is 10.2 Å². The lowest BCUT2D eigenvalue weighted by molar-refractivity contribution is 0.426. The summed E-state index contributed by atoms with van der Waals surface area (Å²) in [7, 11) is 0. The Morgan fingerprint density at radius 2 is 2.41 bits per heavy atom. The first kappa shape index (κ1) is 11.6. The molecule has 5 heteroatoms. The van der Waals surface area contributed by atoms with Gasteiger partial charge >= 0.3 is 0 Å². The summed E-state index contributed by atoms with van der Waals surface area (Å²) in [6, 6.07) is 3.03.